The molecule has 4 heteroatoms. The third-order valence-corrected chi connectivity index (χ3v) is 3.68. The average Bonchev–Trinajstić information content (AvgIpc) is 2.85. The molecule has 0 spiro atoms. The first-order valence-corrected chi connectivity index (χ1v) is 7.64. The van der Waals surface area contributed by atoms with Crippen LogP contribution in [0.25, 0.3) is 10.9 Å². The molecule has 0 aliphatic carbocycles. The van der Waals surface area contributed by atoms with E-state index in [4.69, 9.17) is 4.74 Å². The van der Waals surface area contributed by atoms with E-state index in [-0.39, 0.29) is 5.97 Å². The van der Waals surface area contributed by atoms with Crippen LogP contribution in [0.15, 0.2) is 24.4 Å². The van der Waals surface area contributed by atoms with Gasteiger partial charge in [-0.15, -0.1) is 0 Å². The highest BCUT2D eigenvalue weighted by Gasteiger charge is 2.08. The average molecular weight is 288 g/mol. The van der Waals surface area contributed by atoms with Gasteiger partial charge >= 0.3 is 5.97 Å². The third kappa shape index (κ3) is 4.08. The number of carbonyl (C=O) groups is 1. The van der Waals surface area contributed by atoms with Crippen molar-refractivity contribution < 1.29 is 9.53 Å². The van der Waals surface area contributed by atoms with Crippen molar-refractivity contribution in [1.29, 1.82) is 0 Å². The summed E-state index contributed by atoms with van der Waals surface area (Å²) in [6.07, 6.45) is 4.23. The van der Waals surface area contributed by atoms with Crippen molar-refractivity contribution in [3.63, 3.8) is 0 Å². The lowest BCUT2D eigenvalue weighted by Gasteiger charge is -2.19. The number of ether oxygens (including phenoxy) is 1. The second-order valence-corrected chi connectivity index (χ2v) is 5.30. The standard InChI is InChI=1S/C17H24N2O2/c1-4-9-19(5-2)10-8-14-12-18-17-7-6-15(11-16(14)17)21-13(3)20/h6-7,11-12,18H,4-5,8-10H2,1-3H3. The summed E-state index contributed by atoms with van der Waals surface area (Å²) in [6.45, 7) is 9.09. The molecule has 1 aromatic heterocycles. The summed E-state index contributed by atoms with van der Waals surface area (Å²) in [4.78, 5) is 16.8. The van der Waals surface area contributed by atoms with E-state index >= 15 is 0 Å². The summed E-state index contributed by atoms with van der Waals surface area (Å²) in [7, 11) is 0. The van der Waals surface area contributed by atoms with Crippen LogP contribution in [0.5, 0.6) is 5.75 Å². The fraction of sp³-hybridized carbons (Fsp3) is 0.471. The molecular formula is C17H24N2O2. The van der Waals surface area contributed by atoms with Gasteiger partial charge in [-0.05, 0) is 49.7 Å². The molecule has 0 radical (unpaired) electrons. The van der Waals surface area contributed by atoms with Crippen molar-refractivity contribution in [3.8, 4) is 5.75 Å². The van der Waals surface area contributed by atoms with Crippen molar-refractivity contribution in [2.75, 3.05) is 19.6 Å². The number of esters is 1. The molecule has 0 bridgehead atoms. The molecule has 0 atom stereocenters. The third-order valence-electron chi connectivity index (χ3n) is 3.68. The first-order valence-electron chi connectivity index (χ1n) is 7.64. The zero-order valence-corrected chi connectivity index (χ0v) is 13.1. The number of fused-ring (bicyclic) bond motifs is 1. The summed E-state index contributed by atoms with van der Waals surface area (Å²) in [5.41, 5.74) is 2.35. The number of rotatable bonds is 7. The first-order chi connectivity index (χ1) is 10.1. The monoisotopic (exact) mass is 288 g/mol. The van der Waals surface area contributed by atoms with E-state index in [0.29, 0.717) is 5.75 Å². The summed E-state index contributed by atoms with van der Waals surface area (Å²) < 4.78 is 5.17. The fourth-order valence-electron chi connectivity index (χ4n) is 2.62. The predicted octanol–water partition coefficient (Wildman–Crippen LogP) is 3.37. The molecule has 0 aliphatic heterocycles. The quantitative estimate of drug-likeness (QED) is 0.627. The second kappa shape index (κ2) is 7.27. The normalized spacial score (nSPS) is 11.2. The highest BCUT2D eigenvalue weighted by molar-refractivity contribution is 5.85. The number of hydrogen-bond acceptors (Lipinski definition) is 3. The van der Waals surface area contributed by atoms with Crippen molar-refractivity contribution in [2.24, 2.45) is 0 Å². The molecular weight excluding hydrogens is 264 g/mol. The Morgan fingerprint density at radius 3 is 2.76 bits per heavy atom. The molecule has 1 heterocycles. The van der Waals surface area contributed by atoms with Crippen LogP contribution < -0.4 is 4.74 Å². The Balaban J connectivity index is 2.13. The van der Waals surface area contributed by atoms with E-state index in [1.807, 2.05) is 18.2 Å². The number of nitrogens with one attached hydrogen (secondary N) is 1. The molecule has 1 N–H and O–H groups in total. The number of aromatic nitrogens is 1. The van der Waals surface area contributed by atoms with Gasteiger partial charge in [0, 0.05) is 30.6 Å². The first kappa shape index (κ1) is 15.6. The van der Waals surface area contributed by atoms with Crippen LogP contribution in [-0.2, 0) is 11.2 Å². The molecule has 0 saturated carbocycles. The lowest BCUT2D eigenvalue weighted by molar-refractivity contribution is -0.131. The van der Waals surface area contributed by atoms with Crippen molar-refractivity contribution >= 4 is 16.9 Å². The topological polar surface area (TPSA) is 45.3 Å². The molecule has 0 amide bonds. The highest BCUT2D eigenvalue weighted by Crippen LogP contribution is 2.24. The van der Waals surface area contributed by atoms with Gasteiger partial charge in [-0.3, -0.25) is 4.79 Å². The smallest absolute Gasteiger partial charge is 0.308 e. The van der Waals surface area contributed by atoms with Crippen LogP contribution in [-0.4, -0.2) is 35.5 Å². The number of H-pyrrole nitrogens is 1. The highest BCUT2D eigenvalue weighted by atomic mass is 16.5. The van der Waals surface area contributed by atoms with Gasteiger partial charge in [0.2, 0.25) is 0 Å². The number of aromatic amines is 1. The lowest BCUT2D eigenvalue weighted by Crippen LogP contribution is -2.26. The van der Waals surface area contributed by atoms with Gasteiger partial charge in [0.1, 0.15) is 5.75 Å². The second-order valence-electron chi connectivity index (χ2n) is 5.30. The molecule has 2 rings (SSSR count). The Hall–Kier alpha value is -1.81. The lowest BCUT2D eigenvalue weighted by atomic mass is 10.1. The Bertz CT molecular complexity index is 604. The molecule has 0 aliphatic rings. The van der Waals surface area contributed by atoms with Crippen LogP contribution >= 0.6 is 0 Å². The van der Waals surface area contributed by atoms with Crippen LogP contribution in [0.1, 0.15) is 32.8 Å². The largest absolute Gasteiger partial charge is 0.427 e. The minimum absolute atomic E-state index is 0.286. The molecule has 0 saturated heterocycles. The predicted molar refractivity (Wildman–Crippen MR) is 85.7 cm³/mol. The number of likely N-dealkylation sites (N-methyl/N-ethyl adjacent to an activating group) is 1. The van der Waals surface area contributed by atoms with Gasteiger partial charge in [-0.25, -0.2) is 0 Å². The van der Waals surface area contributed by atoms with Crippen molar-refractivity contribution in [1.82, 2.24) is 9.88 Å². The maximum atomic E-state index is 11.1. The van der Waals surface area contributed by atoms with E-state index < -0.39 is 0 Å². The van der Waals surface area contributed by atoms with Gasteiger partial charge in [-0.2, -0.15) is 0 Å². The molecule has 114 valence electrons. The van der Waals surface area contributed by atoms with E-state index in [1.165, 1.54) is 18.9 Å². The number of carbonyl (C=O) groups excluding carboxylic acids is 1. The molecule has 2 aromatic rings. The maximum Gasteiger partial charge on any atom is 0.308 e. The SMILES string of the molecule is CCCN(CC)CCc1c[nH]c2ccc(OC(C)=O)cc12. The van der Waals surface area contributed by atoms with Crippen LogP contribution in [0.3, 0.4) is 0 Å². The van der Waals surface area contributed by atoms with Gasteiger partial charge in [0.15, 0.2) is 0 Å². The van der Waals surface area contributed by atoms with E-state index in [2.05, 4.69) is 29.9 Å². The van der Waals surface area contributed by atoms with Crippen LogP contribution in [0.2, 0.25) is 0 Å². The number of benzene rings is 1. The number of hydrogen-bond donors (Lipinski definition) is 1. The van der Waals surface area contributed by atoms with Crippen molar-refractivity contribution in [2.45, 2.75) is 33.6 Å². The van der Waals surface area contributed by atoms with E-state index in [1.54, 1.807) is 0 Å². The van der Waals surface area contributed by atoms with Gasteiger partial charge in [0.05, 0.1) is 0 Å². The summed E-state index contributed by atoms with van der Waals surface area (Å²) in [5.74, 6) is 0.322. The fourth-order valence-corrected chi connectivity index (χ4v) is 2.62. The zero-order chi connectivity index (χ0) is 15.2. The minimum Gasteiger partial charge on any atom is -0.427 e. The number of nitrogens with zero attached hydrogens (tertiary/aromatic N) is 1. The minimum atomic E-state index is -0.286. The Kier molecular flexibility index (Phi) is 5.39. The van der Waals surface area contributed by atoms with E-state index in [9.17, 15) is 4.79 Å². The van der Waals surface area contributed by atoms with E-state index in [0.717, 1.165) is 37.0 Å². The van der Waals surface area contributed by atoms with Gasteiger partial charge < -0.3 is 14.6 Å². The van der Waals surface area contributed by atoms with Crippen LogP contribution in [0, 0.1) is 0 Å². The molecule has 0 unspecified atom stereocenters. The Morgan fingerprint density at radius 1 is 1.29 bits per heavy atom. The zero-order valence-electron chi connectivity index (χ0n) is 13.1. The van der Waals surface area contributed by atoms with Gasteiger partial charge in [-0.1, -0.05) is 13.8 Å². The summed E-state index contributed by atoms with van der Waals surface area (Å²) in [5, 5.41) is 1.14. The van der Waals surface area contributed by atoms with Crippen LogP contribution in [0.4, 0.5) is 0 Å². The Morgan fingerprint density at radius 2 is 2.10 bits per heavy atom. The summed E-state index contributed by atoms with van der Waals surface area (Å²) >= 11 is 0. The summed E-state index contributed by atoms with van der Waals surface area (Å²) in [6, 6.07) is 5.72. The molecule has 0 fully saturated rings. The van der Waals surface area contributed by atoms with Crippen molar-refractivity contribution in [3.05, 3.63) is 30.0 Å². The molecule has 1 aromatic carbocycles. The molecule has 21 heavy (non-hydrogen) atoms. The Labute approximate surface area is 126 Å². The van der Waals surface area contributed by atoms with Gasteiger partial charge in [0.25, 0.3) is 0 Å². The molecule has 4 nitrogen and oxygen atoms in total. The maximum absolute atomic E-state index is 11.1.